The van der Waals surface area contributed by atoms with Crippen LogP contribution in [0.4, 0.5) is 0 Å². The van der Waals surface area contributed by atoms with Gasteiger partial charge >= 0.3 is 0 Å². The molecule has 2 aliphatic rings. The topological polar surface area (TPSA) is 58.4 Å². The highest BCUT2D eigenvalue weighted by Crippen LogP contribution is 2.46. The van der Waals surface area contributed by atoms with Gasteiger partial charge in [0.1, 0.15) is 5.54 Å². The molecule has 2 rings (SSSR count). The van der Waals surface area contributed by atoms with E-state index in [-0.39, 0.29) is 11.4 Å². The quantitative estimate of drug-likeness (QED) is 0.757. The van der Waals surface area contributed by atoms with E-state index in [1.165, 1.54) is 0 Å². The van der Waals surface area contributed by atoms with Crippen LogP contribution in [0.15, 0.2) is 0 Å². The van der Waals surface area contributed by atoms with Crippen molar-refractivity contribution in [3.63, 3.8) is 0 Å². The third-order valence-electron chi connectivity index (χ3n) is 4.55. The van der Waals surface area contributed by atoms with E-state index >= 15 is 0 Å². The van der Waals surface area contributed by atoms with Crippen molar-refractivity contribution in [1.29, 1.82) is 0 Å². The fourth-order valence-corrected chi connectivity index (χ4v) is 3.17. The third-order valence-corrected chi connectivity index (χ3v) is 4.55. The van der Waals surface area contributed by atoms with Crippen LogP contribution in [0.3, 0.4) is 0 Å². The maximum Gasteiger partial charge on any atom is 0.237 e. The maximum atomic E-state index is 11.8. The van der Waals surface area contributed by atoms with Crippen molar-refractivity contribution >= 4 is 5.91 Å². The Bertz CT molecular complexity index is 276. The molecule has 0 atom stereocenters. The normalized spacial score (nSPS) is 35.4. The smallest absolute Gasteiger partial charge is 0.237 e. The average Bonchev–Trinajstić information content (AvgIpc) is 2.43. The molecule has 2 fully saturated rings. The van der Waals surface area contributed by atoms with Gasteiger partial charge in [0.2, 0.25) is 5.91 Å². The molecular weight excluding hydrogens is 214 g/mol. The van der Waals surface area contributed by atoms with Crippen LogP contribution >= 0.6 is 0 Å². The van der Waals surface area contributed by atoms with E-state index in [1.807, 2.05) is 0 Å². The molecule has 0 aromatic carbocycles. The molecule has 1 aliphatic heterocycles. The Hall–Kier alpha value is -0.610. The standard InChI is InChI=1S/C13H25N3O/c1-10(2)11-8-13(9-11,12(14)17)16-6-3-4-15-5-7-16/h10-11,15H,3-9H2,1-2H3,(H2,14,17). The lowest BCUT2D eigenvalue weighted by Crippen LogP contribution is -2.66. The first-order valence-electron chi connectivity index (χ1n) is 6.82. The first-order chi connectivity index (χ1) is 8.06. The minimum absolute atomic E-state index is 0.115. The van der Waals surface area contributed by atoms with Crippen molar-refractivity contribution in [2.24, 2.45) is 17.6 Å². The van der Waals surface area contributed by atoms with Crippen molar-refractivity contribution in [2.45, 2.75) is 38.6 Å². The van der Waals surface area contributed by atoms with Gasteiger partial charge in [-0.2, -0.15) is 0 Å². The Kier molecular flexibility index (Phi) is 3.73. The molecule has 0 bridgehead atoms. The number of carbonyl (C=O) groups is 1. The molecular formula is C13H25N3O. The van der Waals surface area contributed by atoms with Crippen LogP contribution in [0, 0.1) is 11.8 Å². The monoisotopic (exact) mass is 239 g/mol. The Labute approximate surface area is 104 Å². The Morgan fingerprint density at radius 3 is 2.65 bits per heavy atom. The molecule has 1 saturated heterocycles. The van der Waals surface area contributed by atoms with Crippen molar-refractivity contribution < 1.29 is 4.79 Å². The maximum absolute atomic E-state index is 11.8. The Morgan fingerprint density at radius 1 is 1.35 bits per heavy atom. The van der Waals surface area contributed by atoms with Crippen LogP contribution in [-0.4, -0.2) is 42.5 Å². The number of carbonyl (C=O) groups excluding carboxylic acids is 1. The molecule has 0 unspecified atom stereocenters. The highest BCUT2D eigenvalue weighted by molar-refractivity contribution is 5.86. The second-order valence-corrected chi connectivity index (χ2v) is 5.90. The zero-order valence-corrected chi connectivity index (χ0v) is 11.0. The van der Waals surface area contributed by atoms with Gasteiger partial charge in [-0.15, -0.1) is 0 Å². The van der Waals surface area contributed by atoms with E-state index in [9.17, 15) is 4.79 Å². The summed E-state index contributed by atoms with van der Waals surface area (Å²) >= 11 is 0. The van der Waals surface area contributed by atoms with Gasteiger partial charge in [0.15, 0.2) is 0 Å². The van der Waals surface area contributed by atoms with Gasteiger partial charge in [-0.05, 0) is 37.6 Å². The Balaban J connectivity index is 2.05. The van der Waals surface area contributed by atoms with Gasteiger partial charge in [0.05, 0.1) is 0 Å². The molecule has 1 amide bonds. The fraction of sp³-hybridized carbons (Fsp3) is 0.923. The zero-order valence-electron chi connectivity index (χ0n) is 11.0. The van der Waals surface area contributed by atoms with Crippen molar-refractivity contribution in [3.8, 4) is 0 Å². The second-order valence-electron chi connectivity index (χ2n) is 5.90. The van der Waals surface area contributed by atoms with E-state index in [0.29, 0.717) is 11.8 Å². The van der Waals surface area contributed by atoms with Crippen molar-refractivity contribution in [3.05, 3.63) is 0 Å². The average molecular weight is 239 g/mol. The highest BCUT2D eigenvalue weighted by atomic mass is 16.1. The van der Waals surface area contributed by atoms with Gasteiger partial charge in [-0.25, -0.2) is 0 Å². The summed E-state index contributed by atoms with van der Waals surface area (Å²) < 4.78 is 0. The van der Waals surface area contributed by atoms with Crippen molar-refractivity contribution in [1.82, 2.24) is 10.2 Å². The number of rotatable bonds is 3. The lowest BCUT2D eigenvalue weighted by molar-refractivity contribution is -0.142. The highest BCUT2D eigenvalue weighted by Gasteiger charge is 2.53. The SMILES string of the molecule is CC(C)C1CC(C(N)=O)(N2CCCNCC2)C1. The van der Waals surface area contributed by atoms with Gasteiger partial charge in [-0.3, -0.25) is 9.69 Å². The largest absolute Gasteiger partial charge is 0.368 e. The molecule has 17 heavy (non-hydrogen) atoms. The van der Waals surface area contributed by atoms with E-state index in [4.69, 9.17) is 5.73 Å². The van der Waals surface area contributed by atoms with Gasteiger partial charge in [0, 0.05) is 19.6 Å². The van der Waals surface area contributed by atoms with Crippen LogP contribution < -0.4 is 11.1 Å². The Morgan fingerprint density at radius 2 is 2.06 bits per heavy atom. The molecule has 4 heteroatoms. The van der Waals surface area contributed by atoms with E-state index in [1.54, 1.807) is 0 Å². The number of hydrogen-bond donors (Lipinski definition) is 2. The molecule has 4 nitrogen and oxygen atoms in total. The molecule has 1 heterocycles. The van der Waals surface area contributed by atoms with Crippen molar-refractivity contribution in [2.75, 3.05) is 26.2 Å². The van der Waals surface area contributed by atoms with E-state index < -0.39 is 0 Å². The molecule has 0 spiro atoms. The minimum atomic E-state index is -0.332. The molecule has 1 aliphatic carbocycles. The fourth-order valence-electron chi connectivity index (χ4n) is 3.17. The number of nitrogens with one attached hydrogen (secondary N) is 1. The summed E-state index contributed by atoms with van der Waals surface area (Å²) in [5.74, 6) is 1.21. The summed E-state index contributed by atoms with van der Waals surface area (Å²) in [6.07, 6.45) is 3.03. The molecule has 0 aromatic heterocycles. The van der Waals surface area contributed by atoms with Gasteiger partial charge in [0.25, 0.3) is 0 Å². The lowest BCUT2D eigenvalue weighted by atomic mass is 9.62. The summed E-state index contributed by atoms with van der Waals surface area (Å²) in [6.45, 7) is 8.45. The molecule has 98 valence electrons. The predicted molar refractivity (Wildman–Crippen MR) is 68.5 cm³/mol. The second kappa shape index (κ2) is 4.94. The number of nitrogens with zero attached hydrogens (tertiary/aromatic N) is 1. The third kappa shape index (κ3) is 2.33. The summed E-state index contributed by atoms with van der Waals surface area (Å²) in [5.41, 5.74) is 5.34. The zero-order chi connectivity index (χ0) is 12.5. The molecule has 1 saturated carbocycles. The van der Waals surface area contributed by atoms with Crippen LogP contribution in [0.5, 0.6) is 0 Å². The van der Waals surface area contributed by atoms with Gasteiger partial charge < -0.3 is 11.1 Å². The summed E-state index contributed by atoms with van der Waals surface area (Å²) in [4.78, 5) is 14.2. The number of primary amides is 1. The van der Waals surface area contributed by atoms with Crippen LogP contribution in [-0.2, 0) is 4.79 Å². The van der Waals surface area contributed by atoms with E-state index in [2.05, 4.69) is 24.1 Å². The van der Waals surface area contributed by atoms with Crippen LogP contribution in [0.2, 0.25) is 0 Å². The van der Waals surface area contributed by atoms with Crippen LogP contribution in [0.1, 0.15) is 33.1 Å². The first kappa shape index (κ1) is 12.8. The lowest BCUT2D eigenvalue weighted by Gasteiger charge is -2.53. The predicted octanol–water partition coefficient (Wildman–Crippen LogP) is 0.572. The molecule has 0 radical (unpaired) electrons. The first-order valence-corrected chi connectivity index (χ1v) is 6.82. The summed E-state index contributed by atoms with van der Waals surface area (Å²) in [6, 6.07) is 0. The number of hydrogen-bond acceptors (Lipinski definition) is 3. The molecule has 3 N–H and O–H groups in total. The van der Waals surface area contributed by atoms with E-state index in [0.717, 1.165) is 45.4 Å². The van der Waals surface area contributed by atoms with Crippen LogP contribution in [0.25, 0.3) is 0 Å². The summed E-state index contributed by atoms with van der Waals surface area (Å²) in [7, 11) is 0. The van der Waals surface area contributed by atoms with Gasteiger partial charge in [-0.1, -0.05) is 13.8 Å². The summed E-state index contributed by atoms with van der Waals surface area (Å²) in [5, 5.41) is 3.38. The number of amides is 1. The number of nitrogens with two attached hydrogens (primary N) is 1. The minimum Gasteiger partial charge on any atom is -0.368 e. The molecule has 0 aromatic rings.